The van der Waals surface area contributed by atoms with E-state index in [1.54, 1.807) is 47.4 Å². The molecule has 0 radical (unpaired) electrons. The number of aliphatic carboxylic acids is 1. The van der Waals surface area contributed by atoms with Crippen LogP contribution in [0.4, 0.5) is 5.69 Å². The van der Waals surface area contributed by atoms with Gasteiger partial charge in [0, 0.05) is 40.6 Å². The van der Waals surface area contributed by atoms with E-state index in [0.717, 1.165) is 25.7 Å². The number of halogens is 4. The quantitative estimate of drug-likeness (QED) is 0.252. The number of carbonyl (C=O) groups excluding carboxylic acids is 3. The summed E-state index contributed by atoms with van der Waals surface area (Å²) in [7, 11) is 0. The summed E-state index contributed by atoms with van der Waals surface area (Å²) in [6.45, 7) is 0. The number of carboxylic acid groups (broad SMARTS) is 1. The van der Waals surface area contributed by atoms with Gasteiger partial charge in [-0.1, -0.05) is 58.5 Å². The van der Waals surface area contributed by atoms with Gasteiger partial charge >= 0.3 is 5.97 Å². The highest BCUT2D eigenvalue weighted by molar-refractivity contribution is 6.40. The van der Waals surface area contributed by atoms with Crippen molar-refractivity contribution < 1.29 is 24.3 Å². The first kappa shape index (κ1) is 32.0. The number of anilines is 1. The molecule has 9 nitrogen and oxygen atoms in total. The van der Waals surface area contributed by atoms with Gasteiger partial charge in [-0.3, -0.25) is 19.4 Å². The molecule has 6 rings (SSSR count). The number of pyridine rings is 1. The van der Waals surface area contributed by atoms with Gasteiger partial charge in [-0.15, -0.1) is 0 Å². The number of piperidine rings is 2. The Morgan fingerprint density at radius 2 is 1.50 bits per heavy atom. The molecule has 13 heteroatoms. The maximum atomic E-state index is 13.6. The van der Waals surface area contributed by atoms with Gasteiger partial charge in [0.05, 0.1) is 22.0 Å². The number of nitrogens with one attached hydrogen (secondary N) is 2. The maximum absolute atomic E-state index is 13.6. The third-order valence-electron chi connectivity index (χ3n) is 8.06. The molecular weight excluding hydrogens is 650 g/mol. The van der Waals surface area contributed by atoms with Crippen LogP contribution in [0.25, 0.3) is 0 Å². The van der Waals surface area contributed by atoms with Gasteiger partial charge in [0.1, 0.15) is 12.1 Å². The van der Waals surface area contributed by atoms with Crippen LogP contribution in [0.15, 0.2) is 54.9 Å². The molecule has 0 spiro atoms. The summed E-state index contributed by atoms with van der Waals surface area (Å²) in [6, 6.07) is 9.36. The Labute approximate surface area is 273 Å². The molecule has 44 heavy (non-hydrogen) atoms. The van der Waals surface area contributed by atoms with Crippen LogP contribution >= 0.6 is 46.4 Å². The summed E-state index contributed by atoms with van der Waals surface area (Å²) < 4.78 is 0. The van der Waals surface area contributed by atoms with E-state index in [1.807, 2.05) is 0 Å². The lowest BCUT2D eigenvalue weighted by molar-refractivity contribution is -0.154. The van der Waals surface area contributed by atoms with E-state index >= 15 is 0 Å². The van der Waals surface area contributed by atoms with Crippen molar-refractivity contribution in [3.05, 3.63) is 91.6 Å². The smallest absolute Gasteiger partial charge is 0.326 e. The van der Waals surface area contributed by atoms with Crippen molar-refractivity contribution in [3.63, 3.8) is 0 Å². The Bertz CT molecular complexity index is 1550. The second-order valence-corrected chi connectivity index (χ2v) is 12.7. The minimum absolute atomic E-state index is 0.00686. The predicted molar refractivity (Wildman–Crippen MR) is 168 cm³/mol. The molecule has 2 bridgehead atoms. The number of benzene rings is 2. The van der Waals surface area contributed by atoms with Crippen LogP contribution in [-0.2, 0) is 27.2 Å². The van der Waals surface area contributed by atoms with Gasteiger partial charge in [-0.25, -0.2) is 4.79 Å². The first-order valence-electron chi connectivity index (χ1n) is 14.0. The topological polar surface area (TPSA) is 129 Å². The van der Waals surface area contributed by atoms with E-state index in [2.05, 4.69) is 15.6 Å². The van der Waals surface area contributed by atoms with Crippen molar-refractivity contribution in [2.24, 2.45) is 5.92 Å². The zero-order valence-corrected chi connectivity index (χ0v) is 26.3. The first-order chi connectivity index (χ1) is 21.0. The second-order valence-electron chi connectivity index (χ2n) is 11.0. The highest BCUT2D eigenvalue weighted by atomic mass is 35.5. The van der Waals surface area contributed by atoms with Crippen molar-refractivity contribution in [3.8, 4) is 0 Å². The van der Waals surface area contributed by atoms with E-state index < -0.39 is 29.9 Å². The number of aromatic nitrogens is 1. The van der Waals surface area contributed by atoms with E-state index in [4.69, 9.17) is 46.4 Å². The fourth-order valence-electron chi connectivity index (χ4n) is 6.07. The van der Waals surface area contributed by atoms with E-state index in [1.165, 1.54) is 12.4 Å². The molecule has 3 aromatic rings. The SMILES string of the molecule is O=C(Nc1ccc(CC(NC(=O)C2C3CCC(CC3)N2C(=O)Cc2cc(Cl)cc(Cl)c2)C(=O)O)cc1)c1c(Cl)cncc1Cl. The Hall–Kier alpha value is -3.37. The normalized spacial score (nSPS) is 19.7. The van der Waals surface area contributed by atoms with Crippen molar-refractivity contribution in [2.45, 2.75) is 56.7 Å². The zero-order chi connectivity index (χ0) is 31.5. The molecule has 1 aliphatic carbocycles. The maximum Gasteiger partial charge on any atom is 0.326 e. The number of rotatable bonds is 9. The van der Waals surface area contributed by atoms with E-state index in [0.29, 0.717) is 26.9 Å². The molecule has 3 amide bonds. The fraction of sp³-hybridized carbons (Fsp3) is 0.323. The molecule has 2 aliphatic heterocycles. The summed E-state index contributed by atoms with van der Waals surface area (Å²) in [6.07, 6.45) is 5.81. The van der Waals surface area contributed by atoms with Crippen molar-refractivity contribution >= 4 is 75.8 Å². The average Bonchev–Trinajstić information content (AvgIpc) is 2.97. The van der Waals surface area contributed by atoms with Crippen LogP contribution < -0.4 is 10.6 Å². The number of carboxylic acids is 1. The summed E-state index contributed by atoms with van der Waals surface area (Å²) in [4.78, 5) is 57.6. The molecule has 1 aromatic heterocycles. The molecule has 2 unspecified atom stereocenters. The van der Waals surface area contributed by atoms with Crippen LogP contribution in [-0.4, -0.2) is 56.8 Å². The molecule has 2 atom stereocenters. The summed E-state index contributed by atoms with van der Waals surface area (Å²) in [5, 5.41) is 16.4. The number of hydrogen-bond donors (Lipinski definition) is 3. The van der Waals surface area contributed by atoms with Crippen LogP contribution in [0.2, 0.25) is 20.1 Å². The molecule has 2 aromatic carbocycles. The van der Waals surface area contributed by atoms with Gasteiger partial charge in [-0.05, 0) is 73.1 Å². The molecule has 3 aliphatic rings. The highest BCUT2D eigenvalue weighted by Crippen LogP contribution is 2.40. The summed E-state index contributed by atoms with van der Waals surface area (Å²) in [5.74, 6) is -2.50. The summed E-state index contributed by atoms with van der Waals surface area (Å²) >= 11 is 24.4. The standard InChI is InChI=1S/C31H28Cl4N4O5/c32-19-9-17(10-20(33)13-19)12-26(40)39-22-7-3-18(4-8-22)28(39)30(42)38-25(31(43)44)11-16-1-5-21(6-2-16)37-29(41)27-23(34)14-36-15-24(27)35/h1-2,5-6,9-10,13-15,18,22,25,28H,3-4,7-8,11-12H2,(H,37,41)(H,38,42)(H,43,44). The number of carbonyl (C=O) groups is 4. The number of amides is 3. The van der Waals surface area contributed by atoms with Gasteiger partial charge in [0.25, 0.3) is 5.91 Å². The minimum atomic E-state index is -1.23. The van der Waals surface area contributed by atoms with E-state index in [9.17, 15) is 24.3 Å². The predicted octanol–water partition coefficient (Wildman–Crippen LogP) is 6.07. The van der Waals surface area contributed by atoms with Gasteiger partial charge < -0.3 is 20.6 Å². The third kappa shape index (κ3) is 7.29. The highest BCUT2D eigenvalue weighted by Gasteiger charge is 2.47. The van der Waals surface area contributed by atoms with Gasteiger partial charge in [0.15, 0.2) is 0 Å². The third-order valence-corrected chi connectivity index (χ3v) is 9.07. The van der Waals surface area contributed by atoms with E-state index in [-0.39, 0.29) is 46.3 Å². The lowest BCUT2D eigenvalue weighted by Crippen LogP contribution is -2.64. The average molecular weight is 678 g/mol. The zero-order valence-electron chi connectivity index (χ0n) is 23.2. The molecule has 2 saturated heterocycles. The monoisotopic (exact) mass is 676 g/mol. The Morgan fingerprint density at radius 3 is 2.09 bits per heavy atom. The number of fused-ring (bicyclic) bond motifs is 3. The second kappa shape index (κ2) is 13.7. The Morgan fingerprint density at radius 1 is 0.886 bits per heavy atom. The molecule has 3 heterocycles. The molecule has 3 N–H and O–H groups in total. The van der Waals surface area contributed by atoms with Crippen molar-refractivity contribution in [1.82, 2.24) is 15.2 Å². The first-order valence-corrected chi connectivity index (χ1v) is 15.5. The number of hydrogen-bond acceptors (Lipinski definition) is 5. The van der Waals surface area contributed by atoms with Crippen LogP contribution in [0.3, 0.4) is 0 Å². The van der Waals surface area contributed by atoms with Crippen LogP contribution in [0.1, 0.15) is 47.2 Å². The molecular formula is C31H28Cl4N4O5. The molecule has 1 saturated carbocycles. The van der Waals surface area contributed by atoms with Crippen LogP contribution in [0.5, 0.6) is 0 Å². The summed E-state index contributed by atoms with van der Waals surface area (Å²) in [5.41, 5.74) is 1.78. The largest absolute Gasteiger partial charge is 0.480 e. The minimum Gasteiger partial charge on any atom is -0.480 e. The lowest BCUT2D eigenvalue weighted by atomic mass is 9.74. The van der Waals surface area contributed by atoms with Gasteiger partial charge in [-0.2, -0.15) is 0 Å². The fourth-order valence-corrected chi connectivity index (χ4v) is 7.17. The van der Waals surface area contributed by atoms with Crippen molar-refractivity contribution in [1.29, 1.82) is 0 Å². The van der Waals surface area contributed by atoms with Gasteiger partial charge in [0.2, 0.25) is 11.8 Å². The molecule has 230 valence electrons. The molecule has 3 fully saturated rings. The Kier molecular flexibility index (Phi) is 10.00. The lowest BCUT2D eigenvalue weighted by Gasteiger charge is -2.50. The number of nitrogens with zero attached hydrogens (tertiary/aromatic N) is 2. The van der Waals surface area contributed by atoms with Crippen molar-refractivity contribution in [2.75, 3.05) is 5.32 Å². The Balaban J connectivity index is 1.26. The van der Waals surface area contributed by atoms with Crippen LogP contribution in [0, 0.1) is 5.92 Å².